The van der Waals surface area contributed by atoms with Gasteiger partial charge in [0, 0.05) is 20.5 Å². The highest BCUT2D eigenvalue weighted by Crippen LogP contribution is 2.08. The van der Waals surface area contributed by atoms with Crippen molar-refractivity contribution in [1.29, 1.82) is 0 Å². The molecular weight excluding hydrogens is 202 g/mol. The Hall–Kier alpha value is -0.890. The number of benzene rings is 1. The Labute approximate surface area is 98.1 Å². The van der Waals surface area contributed by atoms with Crippen LogP contribution in [0.2, 0.25) is 0 Å². The van der Waals surface area contributed by atoms with Gasteiger partial charge in [0.05, 0.1) is 4.99 Å². The van der Waals surface area contributed by atoms with E-state index in [1.807, 2.05) is 19.0 Å². The summed E-state index contributed by atoms with van der Waals surface area (Å²) in [7, 11) is 4.00. The zero-order chi connectivity index (χ0) is 11.3. The standard InChI is InChI=1S/C13H19NS/c1-4-11-5-7-12(8-6-11)9-10-13(15)14(2)3/h5-8H,4,9-10H2,1-3H3. The lowest BCUT2D eigenvalue weighted by molar-refractivity contribution is 0.617. The third-order valence-corrected chi connectivity index (χ3v) is 3.13. The Bertz CT molecular complexity index is 314. The normalized spacial score (nSPS) is 10.1. The largest absolute Gasteiger partial charge is 0.372 e. The topological polar surface area (TPSA) is 3.24 Å². The molecule has 0 bridgehead atoms. The van der Waals surface area contributed by atoms with Crippen LogP contribution in [0.25, 0.3) is 0 Å². The third-order valence-electron chi connectivity index (χ3n) is 2.56. The maximum absolute atomic E-state index is 5.25. The van der Waals surface area contributed by atoms with Crippen LogP contribution in [0.4, 0.5) is 0 Å². The number of hydrogen-bond acceptors (Lipinski definition) is 1. The van der Waals surface area contributed by atoms with Gasteiger partial charge in [-0.2, -0.15) is 0 Å². The summed E-state index contributed by atoms with van der Waals surface area (Å²) in [6.45, 7) is 2.18. The van der Waals surface area contributed by atoms with Gasteiger partial charge < -0.3 is 4.90 Å². The molecule has 0 aliphatic rings. The molecule has 0 aromatic heterocycles. The summed E-state index contributed by atoms with van der Waals surface area (Å²) < 4.78 is 0. The van der Waals surface area contributed by atoms with E-state index in [2.05, 4.69) is 31.2 Å². The van der Waals surface area contributed by atoms with E-state index >= 15 is 0 Å². The van der Waals surface area contributed by atoms with Crippen LogP contribution in [0.1, 0.15) is 24.5 Å². The van der Waals surface area contributed by atoms with Crippen LogP contribution in [0, 0.1) is 0 Å². The second-order valence-electron chi connectivity index (χ2n) is 3.96. The molecule has 0 fully saturated rings. The van der Waals surface area contributed by atoms with Crippen molar-refractivity contribution in [2.24, 2.45) is 0 Å². The average molecular weight is 221 g/mol. The van der Waals surface area contributed by atoms with Crippen molar-refractivity contribution in [3.05, 3.63) is 35.4 Å². The molecule has 0 spiro atoms. The Kier molecular flexibility index (Phi) is 4.76. The first-order valence-corrected chi connectivity index (χ1v) is 5.82. The maximum atomic E-state index is 5.25. The molecule has 15 heavy (non-hydrogen) atoms. The Morgan fingerprint density at radius 2 is 1.67 bits per heavy atom. The van der Waals surface area contributed by atoms with Gasteiger partial charge in [0.25, 0.3) is 0 Å². The first kappa shape index (κ1) is 12.2. The predicted octanol–water partition coefficient (Wildman–Crippen LogP) is 3.07. The zero-order valence-corrected chi connectivity index (χ0v) is 10.6. The number of hydrogen-bond donors (Lipinski definition) is 0. The minimum atomic E-state index is 0.966. The summed E-state index contributed by atoms with van der Waals surface area (Å²) in [5, 5.41) is 0. The van der Waals surface area contributed by atoms with E-state index in [9.17, 15) is 0 Å². The van der Waals surface area contributed by atoms with Gasteiger partial charge in [-0.05, 0) is 24.0 Å². The molecule has 0 aliphatic heterocycles. The fraction of sp³-hybridized carbons (Fsp3) is 0.462. The van der Waals surface area contributed by atoms with Gasteiger partial charge in [0.1, 0.15) is 0 Å². The van der Waals surface area contributed by atoms with Crippen molar-refractivity contribution in [3.63, 3.8) is 0 Å². The van der Waals surface area contributed by atoms with Gasteiger partial charge in [-0.15, -0.1) is 0 Å². The van der Waals surface area contributed by atoms with E-state index in [0.717, 1.165) is 24.3 Å². The van der Waals surface area contributed by atoms with Crippen LogP contribution in [0.5, 0.6) is 0 Å². The molecule has 1 aromatic rings. The molecule has 0 saturated carbocycles. The molecule has 0 saturated heterocycles. The fourth-order valence-electron chi connectivity index (χ4n) is 1.42. The second-order valence-corrected chi connectivity index (χ2v) is 4.43. The van der Waals surface area contributed by atoms with Crippen molar-refractivity contribution in [2.75, 3.05) is 14.1 Å². The molecule has 0 atom stereocenters. The minimum Gasteiger partial charge on any atom is -0.372 e. The number of rotatable bonds is 4. The molecular formula is C13H19NS. The van der Waals surface area contributed by atoms with Crippen LogP contribution < -0.4 is 0 Å². The number of aryl methyl sites for hydroxylation is 2. The molecule has 0 amide bonds. The van der Waals surface area contributed by atoms with Gasteiger partial charge in [0.15, 0.2) is 0 Å². The van der Waals surface area contributed by atoms with E-state index in [0.29, 0.717) is 0 Å². The highest BCUT2D eigenvalue weighted by Gasteiger charge is 2.00. The quantitative estimate of drug-likeness (QED) is 0.719. The van der Waals surface area contributed by atoms with E-state index in [-0.39, 0.29) is 0 Å². The SMILES string of the molecule is CCc1ccc(CCC(=S)N(C)C)cc1. The van der Waals surface area contributed by atoms with E-state index in [1.54, 1.807) is 0 Å². The van der Waals surface area contributed by atoms with Crippen LogP contribution in [0.3, 0.4) is 0 Å². The van der Waals surface area contributed by atoms with Gasteiger partial charge in [0.2, 0.25) is 0 Å². The van der Waals surface area contributed by atoms with E-state index < -0.39 is 0 Å². The molecule has 0 radical (unpaired) electrons. The number of thiocarbonyl (C=S) groups is 1. The predicted molar refractivity (Wildman–Crippen MR) is 70.4 cm³/mol. The molecule has 1 aromatic carbocycles. The van der Waals surface area contributed by atoms with E-state index in [4.69, 9.17) is 12.2 Å². The lowest BCUT2D eigenvalue weighted by Crippen LogP contribution is -2.19. The summed E-state index contributed by atoms with van der Waals surface area (Å²) in [4.78, 5) is 3.03. The lowest BCUT2D eigenvalue weighted by atomic mass is 10.1. The molecule has 0 N–H and O–H groups in total. The highest BCUT2D eigenvalue weighted by atomic mass is 32.1. The van der Waals surface area contributed by atoms with Crippen molar-refractivity contribution < 1.29 is 0 Å². The first-order valence-electron chi connectivity index (χ1n) is 5.41. The molecule has 2 heteroatoms. The summed E-state index contributed by atoms with van der Waals surface area (Å²) in [6.07, 6.45) is 3.12. The Morgan fingerprint density at radius 3 is 2.13 bits per heavy atom. The molecule has 82 valence electrons. The van der Waals surface area contributed by atoms with E-state index in [1.165, 1.54) is 11.1 Å². The number of nitrogens with zero attached hydrogens (tertiary/aromatic N) is 1. The smallest absolute Gasteiger partial charge is 0.0777 e. The molecule has 1 nitrogen and oxygen atoms in total. The molecule has 0 unspecified atom stereocenters. The van der Waals surface area contributed by atoms with Crippen LogP contribution in [-0.4, -0.2) is 24.0 Å². The monoisotopic (exact) mass is 221 g/mol. The third kappa shape index (κ3) is 4.00. The molecule has 1 rings (SSSR count). The van der Waals surface area contributed by atoms with Crippen molar-refractivity contribution >= 4 is 17.2 Å². The van der Waals surface area contributed by atoms with Gasteiger partial charge in [-0.1, -0.05) is 43.4 Å². The Balaban J connectivity index is 2.47. The van der Waals surface area contributed by atoms with Gasteiger partial charge in [-0.25, -0.2) is 0 Å². The molecule has 0 heterocycles. The summed E-state index contributed by atoms with van der Waals surface area (Å²) in [5.74, 6) is 0. The fourth-order valence-corrected chi connectivity index (χ4v) is 1.52. The van der Waals surface area contributed by atoms with Crippen molar-refractivity contribution in [1.82, 2.24) is 4.90 Å². The summed E-state index contributed by atoms with van der Waals surface area (Å²) in [6, 6.07) is 8.82. The van der Waals surface area contributed by atoms with Crippen molar-refractivity contribution in [3.8, 4) is 0 Å². The maximum Gasteiger partial charge on any atom is 0.0777 e. The first-order chi connectivity index (χ1) is 7.13. The summed E-state index contributed by atoms with van der Waals surface area (Å²) in [5.41, 5.74) is 2.77. The molecule has 0 aliphatic carbocycles. The van der Waals surface area contributed by atoms with Gasteiger partial charge in [-0.3, -0.25) is 0 Å². The Morgan fingerprint density at radius 1 is 1.13 bits per heavy atom. The van der Waals surface area contributed by atoms with Crippen LogP contribution >= 0.6 is 12.2 Å². The van der Waals surface area contributed by atoms with Gasteiger partial charge >= 0.3 is 0 Å². The van der Waals surface area contributed by atoms with Crippen LogP contribution in [-0.2, 0) is 12.8 Å². The lowest BCUT2D eigenvalue weighted by Gasteiger charge is -2.13. The minimum absolute atomic E-state index is 0.966. The summed E-state index contributed by atoms with van der Waals surface area (Å²) >= 11 is 5.25. The zero-order valence-electron chi connectivity index (χ0n) is 9.79. The van der Waals surface area contributed by atoms with Crippen molar-refractivity contribution in [2.45, 2.75) is 26.2 Å². The average Bonchev–Trinajstić information content (AvgIpc) is 2.26. The second kappa shape index (κ2) is 5.86. The van der Waals surface area contributed by atoms with Crippen LogP contribution in [0.15, 0.2) is 24.3 Å². The highest BCUT2D eigenvalue weighted by molar-refractivity contribution is 7.80.